The number of nitrogens with one attached hydrogen (secondary N) is 2. The number of halogens is 1. The molecule has 0 fully saturated rings. The highest BCUT2D eigenvalue weighted by Gasteiger charge is 2.17. The molecule has 0 aliphatic heterocycles. The second-order valence-corrected chi connectivity index (χ2v) is 8.55. The van der Waals surface area contributed by atoms with Crippen LogP contribution in [0.1, 0.15) is 28.9 Å². The molecule has 7 nitrogen and oxygen atoms in total. The quantitative estimate of drug-likeness (QED) is 0.455. The van der Waals surface area contributed by atoms with Crippen LogP contribution in [-0.4, -0.2) is 32.6 Å². The molecule has 3 aromatic rings. The molecule has 0 heterocycles. The number of aliphatic hydroxyl groups is 1. The minimum atomic E-state index is -3.94. The van der Waals surface area contributed by atoms with Gasteiger partial charge in [0.25, 0.3) is 15.9 Å². The standard InChI is InChI=1S/C23H23FN2O5S/c1-2-31-20-11-9-19(10-12-20)26-32(29,30)21-8-4-6-17(14-21)23(28)25-15-22(27)16-5-3-7-18(24)13-16/h3-14,22,26-27H,2,15H2,1H3,(H,25,28). The lowest BCUT2D eigenvalue weighted by Gasteiger charge is -2.13. The van der Waals surface area contributed by atoms with E-state index in [0.717, 1.165) is 0 Å². The van der Waals surface area contributed by atoms with Crippen molar-refractivity contribution in [3.05, 3.63) is 89.7 Å². The highest BCUT2D eigenvalue weighted by Crippen LogP contribution is 2.20. The van der Waals surface area contributed by atoms with E-state index in [2.05, 4.69) is 10.0 Å². The van der Waals surface area contributed by atoms with E-state index in [1.165, 1.54) is 42.5 Å². The maximum Gasteiger partial charge on any atom is 0.261 e. The second kappa shape index (κ2) is 10.3. The zero-order valence-corrected chi connectivity index (χ0v) is 18.1. The van der Waals surface area contributed by atoms with Gasteiger partial charge in [-0.1, -0.05) is 18.2 Å². The van der Waals surface area contributed by atoms with Crippen molar-refractivity contribution in [1.82, 2.24) is 5.32 Å². The molecule has 0 spiro atoms. The van der Waals surface area contributed by atoms with E-state index >= 15 is 0 Å². The highest BCUT2D eigenvalue weighted by molar-refractivity contribution is 7.92. The Balaban J connectivity index is 1.67. The van der Waals surface area contributed by atoms with Crippen molar-refractivity contribution >= 4 is 21.6 Å². The normalized spacial score (nSPS) is 12.1. The van der Waals surface area contributed by atoms with Crippen molar-refractivity contribution in [2.45, 2.75) is 17.9 Å². The monoisotopic (exact) mass is 458 g/mol. The summed E-state index contributed by atoms with van der Waals surface area (Å²) in [6, 6.07) is 17.4. The molecule has 1 amide bonds. The third-order valence-corrected chi connectivity index (χ3v) is 5.89. The molecule has 3 N–H and O–H groups in total. The molecule has 0 aliphatic rings. The van der Waals surface area contributed by atoms with Gasteiger partial charge in [0.1, 0.15) is 11.6 Å². The summed E-state index contributed by atoms with van der Waals surface area (Å²) in [6.45, 7) is 2.19. The molecule has 9 heteroatoms. The molecule has 0 aromatic heterocycles. The summed E-state index contributed by atoms with van der Waals surface area (Å²) in [4.78, 5) is 12.4. The van der Waals surface area contributed by atoms with Crippen LogP contribution in [0.15, 0.2) is 77.7 Å². The lowest BCUT2D eigenvalue weighted by atomic mass is 10.1. The predicted octanol–water partition coefficient (Wildman–Crippen LogP) is 3.49. The average molecular weight is 459 g/mol. The second-order valence-electron chi connectivity index (χ2n) is 6.87. The summed E-state index contributed by atoms with van der Waals surface area (Å²) in [7, 11) is -3.94. The number of aliphatic hydroxyl groups excluding tert-OH is 1. The van der Waals surface area contributed by atoms with Gasteiger partial charge in [-0.3, -0.25) is 9.52 Å². The maximum atomic E-state index is 13.3. The summed E-state index contributed by atoms with van der Waals surface area (Å²) < 4.78 is 46.5. The SMILES string of the molecule is CCOc1ccc(NS(=O)(=O)c2cccc(C(=O)NCC(O)c3cccc(F)c3)c2)cc1. The Morgan fingerprint density at radius 3 is 2.47 bits per heavy atom. The minimum Gasteiger partial charge on any atom is -0.494 e. The maximum absolute atomic E-state index is 13.3. The average Bonchev–Trinajstić information content (AvgIpc) is 2.78. The number of carbonyl (C=O) groups is 1. The van der Waals surface area contributed by atoms with Gasteiger partial charge in [-0.2, -0.15) is 0 Å². The first kappa shape index (κ1) is 23.2. The Bertz CT molecular complexity index is 1180. The number of benzene rings is 3. The molecule has 0 bridgehead atoms. The number of sulfonamides is 1. The number of anilines is 1. The van der Waals surface area contributed by atoms with Crippen LogP contribution in [0.25, 0.3) is 0 Å². The summed E-state index contributed by atoms with van der Waals surface area (Å²) in [5.41, 5.74) is 0.772. The molecule has 0 saturated heterocycles. The summed E-state index contributed by atoms with van der Waals surface area (Å²) >= 11 is 0. The Morgan fingerprint density at radius 2 is 1.78 bits per heavy atom. The molecule has 1 unspecified atom stereocenters. The number of ether oxygens (including phenoxy) is 1. The fourth-order valence-corrected chi connectivity index (χ4v) is 4.03. The molecule has 3 aromatic carbocycles. The van der Waals surface area contributed by atoms with E-state index in [4.69, 9.17) is 4.74 Å². The minimum absolute atomic E-state index is 0.0929. The van der Waals surface area contributed by atoms with Crippen molar-refractivity contribution in [3.63, 3.8) is 0 Å². The van der Waals surface area contributed by atoms with E-state index in [9.17, 15) is 22.7 Å². The summed E-state index contributed by atoms with van der Waals surface area (Å²) in [5, 5.41) is 12.7. The van der Waals surface area contributed by atoms with Crippen molar-refractivity contribution in [2.24, 2.45) is 0 Å². The van der Waals surface area contributed by atoms with E-state index in [1.807, 2.05) is 6.92 Å². The van der Waals surface area contributed by atoms with E-state index in [0.29, 0.717) is 23.6 Å². The zero-order valence-electron chi connectivity index (χ0n) is 17.3. The van der Waals surface area contributed by atoms with Gasteiger partial charge in [-0.15, -0.1) is 0 Å². The summed E-state index contributed by atoms with van der Waals surface area (Å²) in [5.74, 6) is -0.445. The molecular formula is C23H23FN2O5S. The highest BCUT2D eigenvalue weighted by atomic mass is 32.2. The third-order valence-electron chi connectivity index (χ3n) is 4.51. The van der Waals surface area contributed by atoms with E-state index in [1.54, 1.807) is 30.3 Å². The smallest absolute Gasteiger partial charge is 0.261 e. The molecular weight excluding hydrogens is 435 g/mol. The fraction of sp³-hybridized carbons (Fsp3) is 0.174. The lowest BCUT2D eigenvalue weighted by molar-refractivity contribution is 0.0916. The van der Waals surface area contributed by atoms with Crippen LogP contribution < -0.4 is 14.8 Å². The van der Waals surface area contributed by atoms with Gasteiger partial charge in [0, 0.05) is 17.8 Å². The van der Waals surface area contributed by atoms with E-state index < -0.39 is 27.9 Å². The van der Waals surface area contributed by atoms with Crippen molar-refractivity contribution in [2.75, 3.05) is 17.9 Å². The Morgan fingerprint density at radius 1 is 1.06 bits per heavy atom. The van der Waals surface area contributed by atoms with Gasteiger partial charge in [0.05, 0.1) is 17.6 Å². The topological polar surface area (TPSA) is 105 Å². The van der Waals surface area contributed by atoms with Crippen LogP contribution in [0.5, 0.6) is 5.75 Å². The molecule has 1 atom stereocenters. The Hall–Kier alpha value is -3.43. The molecule has 0 saturated carbocycles. The Labute approximate surface area is 185 Å². The van der Waals surface area contributed by atoms with Gasteiger partial charge < -0.3 is 15.2 Å². The lowest BCUT2D eigenvalue weighted by Crippen LogP contribution is -2.28. The number of hydrogen-bond donors (Lipinski definition) is 3. The van der Waals surface area contributed by atoms with Crippen LogP contribution in [0.2, 0.25) is 0 Å². The first-order valence-corrected chi connectivity index (χ1v) is 11.3. The first-order valence-electron chi connectivity index (χ1n) is 9.86. The number of hydrogen-bond acceptors (Lipinski definition) is 5. The van der Waals surface area contributed by atoms with Gasteiger partial charge >= 0.3 is 0 Å². The van der Waals surface area contributed by atoms with Gasteiger partial charge in [-0.05, 0) is 67.1 Å². The molecule has 32 heavy (non-hydrogen) atoms. The van der Waals surface area contributed by atoms with Gasteiger partial charge in [-0.25, -0.2) is 12.8 Å². The van der Waals surface area contributed by atoms with E-state index in [-0.39, 0.29) is 17.0 Å². The summed E-state index contributed by atoms with van der Waals surface area (Å²) in [6.07, 6.45) is -1.11. The number of amides is 1. The van der Waals surface area contributed by atoms with Crippen LogP contribution in [-0.2, 0) is 10.0 Å². The zero-order chi connectivity index (χ0) is 23.1. The van der Waals surface area contributed by atoms with Crippen LogP contribution in [0.4, 0.5) is 10.1 Å². The molecule has 168 valence electrons. The number of rotatable bonds is 9. The fourth-order valence-electron chi connectivity index (χ4n) is 2.93. The van der Waals surface area contributed by atoms with Crippen LogP contribution >= 0.6 is 0 Å². The Kier molecular flexibility index (Phi) is 7.45. The largest absolute Gasteiger partial charge is 0.494 e. The first-order chi connectivity index (χ1) is 15.3. The molecule has 0 aliphatic carbocycles. The van der Waals surface area contributed by atoms with Crippen molar-refractivity contribution < 1.29 is 27.4 Å². The third kappa shape index (κ3) is 6.05. The molecule has 3 rings (SSSR count). The number of carbonyl (C=O) groups excluding carboxylic acids is 1. The van der Waals surface area contributed by atoms with Crippen molar-refractivity contribution in [3.8, 4) is 5.75 Å². The van der Waals surface area contributed by atoms with Crippen LogP contribution in [0.3, 0.4) is 0 Å². The van der Waals surface area contributed by atoms with Crippen LogP contribution in [0, 0.1) is 5.82 Å². The van der Waals surface area contributed by atoms with Crippen molar-refractivity contribution in [1.29, 1.82) is 0 Å². The van der Waals surface area contributed by atoms with Gasteiger partial charge in [0.2, 0.25) is 0 Å². The molecule has 0 radical (unpaired) electrons. The van der Waals surface area contributed by atoms with Gasteiger partial charge in [0.15, 0.2) is 0 Å². The predicted molar refractivity (Wildman–Crippen MR) is 119 cm³/mol.